The number of benzene rings is 1. The number of carbonyl (C=O) groups excluding carboxylic acids is 1. The second kappa shape index (κ2) is 5.78. The molecule has 0 aromatic heterocycles. The minimum Gasteiger partial charge on any atom is -0.462 e. The lowest BCUT2D eigenvalue weighted by atomic mass is 10.2. The summed E-state index contributed by atoms with van der Waals surface area (Å²) in [5.74, 6) is 0. The minimum atomic E-state index is -0.318. The maximum atomic E-state index is 9.60. The maximum absolute atomic E-state index is 9.60. The van der Waals surface area contributed by atoms with Gasteiger partial charge in [0.2, 0.25) is 0 Å². The fourth-order valence-corrected chi connectivity index (χ4v) is 2.59. The van der Waals surface area contributed by atoms with Crippen molar-refractivity contribution in [3.63, 3.8) is 0 Å². The number of hydrogen-bond donors (Lipinski definition) is 0. The average Bonchev–Trinajstić information content (AvgIpc) is 2.94. The number of ether oxygens (including phenoxy) is 1. The molecule has 108 valence electrons. The van der Waals surface area contributed by atoms with E-state index in [-0.39, 0.29) is 5.60 Å². The lowest BCUT2D eigenvalue weighted by Crippen LogP contribution is -2.17. The normalized spacial score (nSPS) is 11.8. The van der Waals surface area contributed by atoms with Crippen LogP contribution in [0.25, 0.3) is 16.6 Å². The molecule has 2 heterocycles. The van der Waals surface area contributed by atoms with E-state index in [1.165, 1.54) is 22.3 Å². The fourth-order valence-electron chi connectivity index (χ4n) is 2.05. The van der Waals surface area contributed by atoms with Crippen molar-refractivity contribution in [2.24, 2.45) is 0 Å². The highest BCUT2D eigenvalue weighted by atomic mass is 79.9. The summed E-state index contributed by atoms with van der Waals surface area (Å²) in [5.41, 5.74) is 3.85. The van der Waals surface area contributed by atoms with Gasteiger partial charge in [-0.15, -0.1) is 0 Å². The third-order valence-electron chi connectivity index (χ3n) is 2.90. The molecule has 0 atom stereocenters. The number of alkyl halides is 1. The topological polar surface area (TPSA) is 31.2 Å². The molecule has 0 bridgehead atoms. The summed E-state index contributed by atoms with van der Waals surface area (Å²) in [6, 6.07) is 6.08. The lowest BCUT2D eigenvalue weighted by Gasteiger charge is -2.14. The molecule has 1 aromatic rings. The SMILES string of the molecule is CC(C)(C)OC=O.Clc1ccc2c(c1)c1c(CCBr)n2-1. The zero-order valence-electron chi connectivity index (χ0n) is 11.7. The van der Waals surface area contributed by atoms with Crippen LogP contribution in [0.1, 0.15) is 26.5 Å². The molecule has 0 fully saturated rings. The summed E-state index contributed by atoms with van der Waals surface area (Å²) < 4.78 is 6.85. The molecular weight excluding hydrogens is 342 g/mol. The number of hydrogen-bond acceptors (Lipinski definition) is 2. The molecule has 0 amide bonds. The third kappa shape index (κ3) is 3.18. The molecular formula is C15H17BrClNO2. The molecule has 2 aliphatic rings. The third-order valence-corrected chi connectivity index (χ3v) is 3.54. The highest BCUT2D eigenvalue weighted by molar-refractivity contribution is 9.09. The molecule has 5 heteroatoms. The molecule has 2 aliphatic heterocycles. The summed E-state index contributed by atoms with van der Waals surface area (Å²) in [6.07, 6.45) is 1.11. The van der Waals surface area contributed by atoms with Gasteiger partial charge >= 0.3 is 0 Å². The van der Waals surface area contributed by atoms with Crippen LogP contribution in [0.15, 0.2) is 18.2 Å². The lowest BCUT2D eigenvalue weighted by molar-refractivity contribution is -0.138. The smallest absolute Gasteiger partial charge is 0.293 e. The number of rotatable bonds is 3. The summed E-state index contributed by atoms with van der Waals surface area (Å²) >= 11 is 9.35. The summed E-state index contributed by atoms with van der Waals surface area (Å²) in [4.78, 5) is 9.60. The Morgan fingerprint density at radius 3 is 2.60 bits per heavy atom. The standard InChI is InChI=1S/C10H7BrClN.C5H10O2/c11-4-3-9-10-7-5-6(12)1-2-8(7)13(9)10;1-5(2,3)7-4-6/h1-2,5H,3-4H2;4H,1-3H3. The number of nitrogens with zero attached hydrogens (tertiary/aromatic N) is 1. The van der Waals surface area contributed by atoms with Gasteiger partial charge in [-0.3, -0.25) is 4.79 Å². The Morgan fingerprint density at radius 1 is 1.40 bits per heavy atom. The van der Waals surface area contributed by atoms with Crippen molar-refractivity contribution in [1.82, 2.24) is 4.57 Å². The van der Waals surface area contributed by atoms with Crippen LogP contribution in [0.2, 0.25) is 5.02 Å². The van der Waals surface area contributed by atoms with Crippen molar-refractivity contribution in [2.75, 3.05) is 5.33 Å². The van der Waals surface area contributed by atoms with E-state index in [1.807, 2.05) is 32.9 Å². The monoisotopic (exact) mass is 357 g/mol. The largest absolute Gasteiger partial charge is 0.462 e. The number of carbonyl (C=O) groups is 1. The van der Waals surface area contributed by atoms with Gasteiger partial charge in [0.05, 0.1) is 11.2 Å². The number of halogens is 2. The molecule has 0 aliphatic carbocycles. The molecule has 0 unspecified atom stereocenters. The van der Waals surface area contributed by atoms with E-state index >= 15 is 0 Å². The molecule has 0 radical (unpaired) electrons. The first-order valence-electron chi connectivity index (χ1n) is 6.39. The van der Waals surface area contributed by atoms with Crippen LogP contribution in [0.4, 0.5) is 0 Å². The number of aromatic nitrogens is 1. The highest BCUT2D eigenvalue weighted by Gasteiger charge is 2.31. The zero-order valence-corrected chi connectivity index (χ0v) is 14.1. The fraction of sp³-hybridized carbons (Fsp3) is 0.400. The van der Waals surface area contributed by atoms with E-state index in [4.69, 9.17) is 11.6 Å². The first-order valence-corrected chi connectivity index (χ1v) is 7.89. The van der Waals surface area contributed by atoms with E-state index in [0.717, 1.165) is 16.8 Å². The van der Waals surface area contributed by atoms with Crippen LogP contribution >= 0.6 is 27.5 Å². The van der Waals surface area contributed by atoms with E-state index < -0.39 is 0 Å². The molecule has 3 rings (SSSR count). The molecule has 0 spiro atoms. The van der Waals surface area contributed by atoms with Gasteiger partial charge in [0, 0.05) is 21.4 Å². The van der Waals surface area contributed by atoms with Crippen molar-refractivity contribution in [3.05, 3.63) is 28.9 Å². The average molecular weight is 359 g/mol. The molecule has 20 heavy (non-hydrogen) atoms. The quantitative estimate of drug-likeness (QED) is 0.510. The summed E-state index contributed by atoms with van der Waals surface area (Å²) in [7, 11) is 0. The second-order valence-corrected chi connectivity index (χ2v) is 6.79. The van der Waals surface area contributed by atoms with Crippen LogP contribution in [0.3, 0.4) is 0 Å². The molecule has 1 aromatic carbocycles. The van der Waals surface area contributed by atoms with Crippen molar-refractivity contribution >= 4 is 44.9 Å². The predicted molar refractivity (Wildman–Crippen MR) is 86.2 cm³/mol. The van der Waals surface area contributed by atoms with Crippen molar-refractivity contribution in [2.45, 2.75) is 32.8 Å². The van der Waals surface area contributed by atoms with Gasteiger partial charge in [0.1, 0.15) is 5.60 Å². The molecule has 3 nitrogen and oxygen atoms in total. The summed E-state index contributed by atoms with van der Waals surface area (Å²) in [6.45, 7) is 5.92. The Morgan fingerprint density at radius 2 is 2.10 bits per heavy atom. The highest BCUT2D eigenvalue weighted by Crippen LogP contribution is 2.45. The summed E-state index contributed by atoms with van der Waals surface area (Å²) in [5, 5.41) is 3.18. The van der Waals surface area contributed by atoms with Gasteiger partial charge < -0.3 is 9.30 Å². The predicted octanol–water partition coefficient (Wildman–Crippen LogP) is 4.49. The first-order chi connectivity index (χ1) is 9.39. The Kier molecular flexibility index (Phi) is 4.45. The number of aryl methyl sites for hydroxylation is 1. The second-order valence-electron chi connectivity index (χ2n) is 5.56. The Balaban J connectivity index is 0.000000182. The number of fused-ring (bicyclic) bond motifs is 4. The van der Waals surface area contributed by atoms with Gasteiger partial charge in [-0.05, 0) is 45.4 Å². The van der Waals surface area contributed by atoms with Gasteiger partial charge in [-0.1, -0.05) is 27.5 Å². The van der Waals surface area contributed by atoms with E-state index in [9.17, 15) is 4.79 Å². The van der Waals surface area contributed by atoms with Gasteiger partial charge in [0.25, 0.3) is 6.47 Å². The van der Waals surface area contributed by atoms with Crippen LogP contribution in [-0.2, 0) is 16.0 Å². The van der Waals surface area contributed by atoms with Crippen LogP contribution in [-0.4, -0.2) is 22.0 Å². The Labute approximate surface area is 132 Å². The van der Waals surface area contributed by atoms with Crippen molar-refractivity contribution < 1.29 is 9.53 Å². The molecule has 0 N–H and O–H groups in total. The van der Waals surface area contributed by atoms with Crippen molar-refractivity contribution in [3.8, 4) is 5.69 Å². The van der Waals surface area contributed by atoms with Crippen LogP contribution < -0.4 is 0 Å². The first kappa shape index (κ1) is 15.4. The van der Waals surface area contributed by atoms with E-state index in [2.05, 4.69) is 31.3 Å². The maximum Gasteiger partial charge on any atom is 0.293 e. The Hall–Kier alpha value is -1.000. The van der Waals surface area contributed by atoms with E-state index in [1.54, 1.807) is 0 Å². The van der Waals surface area contributed by atoms with E-state index in [0.29, 0.717) is 6.47 Å². The van der Waals surface area contributed by atoms with Crippen LogP contribution in [0.5, 0.6) is 0 Å². The van der Waals surface area contributed by atoms with Crippen LogP contribution in [0, 0.1) is 0 Å². The van der Waals surface area contributed by atoms with Gasteiger partial charge in [0.15, 0.2) is 0 Å². The van der Waals surface area contributed by atoms with Gasteiger partial charge in [-0.2, -0.15) is 0 Å². The van der Waals surface area contributed by atoms with Crippen molar-refractivity contribution in [1.29, 1.82) is 0 Å². The minimum absolute atomic E-state index is 0.318. The molecule has 0 saturated heterocycles. The van der Waals surface area contributed by atoms with Gasteiger partial charge in [-0.25, -0.2) is 0 Å². The molecule has 0 saturated carbocycles. The zero-order chi connectivity index (χ0) is 14.9. The Bertz CT molecular complexity index is 643.